The molecule has 0 aliphatic carbocycles. The van der Waals surface area contributed by atoms with Gasteiger partial charge in [0.2, 0.25) is 0 Å². The zero-order chi connectivity index (χ0) is 15.6. The molecule has 1 unspecified atom stereocenters. The molecule has 3 aromatic rings. The minimum atomic E-state index is 0.284. The van der Waals surface area contributed by atoms with Crippen LogP contribution in [0.15, 0.2) is 67.1 Å². The van der Waals surface area contributed by atoms with Crippen molar-refractivity contribution < 1.29 is 0 Å². The lowest BCUT2D eigenvalue weighted by Crippen LogP contribution is -2.12. The summed E-state index contributed by atoms with van der Waals surface area (Å²) in [6.07, 6.45) is 5.87. The third-order valence-electron chi connectivity index (χ3n) is 3.90. The van der Waals surface area contributed by atoms with Crippen LogP contribution >= 0.6 is 24.0 Å². The van der Waals surface area contributed by atoms with Crippen LogP contribution in [0, 0.1) is 0 Å². The lowest BCUT2D eigenvalue weighted by molar-refractivity contribution is 0.777. The number of hydrogen-bond donors (Lipinski definition) is 1. The molecule has 1 aromatic carbocycles. The van der Waals surface area contributed by atoms with Gasteiger partial charge in [0.15, 0.2) is 0 Å². The second kappa shape index (κ2) is 6.18. The lowest BCUT2D eigenvalue weighted by Gasteiger charge is -2.12. The summed E-state index contributed by atoms with van der Waals surface area (Å²) in [7, 11) is 0. The second-order valence-corrected chi connectivity index (χ2v) is 6.83. The molecule has 4 rings (SSSR count). The van der Waals surface area contributed by atoms with E-state index >= 15 is 0 Å². The molecule has 0 saturated heterocycles. The number of nitrogens with one attached hydrogen (secondary N) is 1. The van der Waals surface area contributed by atoms with E-state index in [9.17, 15) is 0 Å². The van der Waals surface area contributed by atoms with Crippen LogP contribution in [0.2, 0.25) is 0 Å². The van der Waals surface area contributed by atoms with E-state index in [1.54, 1.807) is 0 Å². The predicted molar refractivity (Wildman–Crippen MR) is 99.9 cm³/mol. The van der Waals surface area contributed by atoms with Gasteiger partial charge in [0.25, 0.3) is 0 Å². The largest absolute Gasteiger partial charge is 0.346 e. The summed E-state index contributed by atoms with van der Waals surface area (Å²) in [5.41, 5.74) is 4.63. The van der Waals surface area contributed by atoms with Crippen molar-refractivity contribution in [2.45, 2.75) is 11.1 Å². The highest BCUT2D eigenvalue weighted by Gasteiger charge is 2.27. The number of para-hydroxylation sites is 1. The average Bonchev–Trinajstić information content (AvgIpc) is 3.18. The summed E-state index contributed by atoms with van der Waals surface area (Å²) in [6, 6.07) is 16.3. The molecule has 3 heterocycles. The maximum absolute atomic E-state index is 5.61. The van der Waals surface area contributed by atoms with E-state index in [0.717, 1.165) is 22.0 Å². The first-order valence-electron chi connectivity index (χ1n) is 7.40. The van der Waals surface area contributed by atoms with Crippen LogP contribution < -0.4 is 5.32 Å². The van der Waals surface area contributed by atoms with Gasteiger partial charge in [-0.05, 0) is 24.3 Å². The Balaban J connectivity index is 1.60. The van der Waals surface area contributed by atoms with Gasteiger partial charge in [-0.15, -0.1) is 11.8 Å². The van der Waals surface area contributed by atoms with E-state index in [1.165, 1.54) is 11.3 Å². The van der Waals surface area contributed by atoms with Crippen molar-refractivity contribution in [2.24, 2.45) is 0 Å². The van der Waals surface area contributed by atoms with Crippen LogP contribution in [-0.2, 0) is 5.75 Å². The number of fused-ring (bicyclic) bond motifs is 1. The summed E-state index contributed by atoms with van der Waals surface area (Å²) in [5, 5.41) is 3.61. The predicted octanol–water partition coefficient (Wildman–Crippen LogP) is 4.46. The van der Waals surface area contributed by atoms with Crippen LogP contribution in [0.5, 0.6) is 0 Å². The minimum Gasteiger partial charge on any atom is -0.346 e. The number of thioether (sulfide) groups is 1. The van der Waals surface area contributed by atoms with Crippen molar-refractivity contribution >= 4 is 34.7 Å². The van der Waals surface area contributed by atoms with Crippen LogP contribution in [0.4, 0.5) is 5.69 Å². The molecule has 0 spiro atoms. The van der Waals surface area contributed by atoms with Gasteiger partial charge in [0.05, 0.1) is 0 Å². The summed E-state index contributed by atoms with van der Waals surface area (Å²) in [4.78, 5) is 5.01. The van der Waals surface area contributed by atoms with Crippen molar-refractivity contribution in [1.82, 2.24) is 9.55 Å². The Bertz CT molecular complexity index is 828. The van der Waals surface area contributed by atoms with Crippen molar-refractivity contribution in [3.05, 3.63) is 83.9 Å². The molecule has 114 valence electrons. The third kappa shape index (κ3) is 2.78. The minimum absolute atomic E-state index is 0.284. The molecule has 1 atom stereocenters. The van der Waals surface area contributed by atoms with E-state index < -0.39 is 0 Å². The molecule has 3 nitrogen and oxygen atoms in total. The zero-order valence-corrected chi connectivity index (χ0v) is 14.0. The molecule has 1 aliphatic heterocycles. The average molecular weight is 337 g/mol. The van der Waals surface area contributed by atoms with Crippen molar-refractivity contribution in [3.8, 4) is 0 Å². The summed E-state index contributed by atoms with van der Waals surface area (Å²) in [6.45, 7) is 0. The highest BCUT2D eigenvalue weighted by Crippen LogP contribution is 2.42. The molecule has 0 saturated carbocycles. The Morgan fingerprint density at radius 2 is 2.04 bits per heavy atom. The Morgan fingerprint density at radius 3 is 2.83 bits per heavy atom. The number of pyridine rings is 1. The number of benzene rings is 1. The van der Waals surface area contributed by atoms with Crippen molar-refractivity contribution in [1.29, 1.82) is 0 Å². The molecule has 23 heavy (non-hydrogen) atoms. The fourth-order valence-corrected chi connectivity index (χ4v) is 4.41. The van der Waals surface area contributed by atoms with Gasteiger partial charge in [0, 0.05) is 46.9 Å². The molecule has 0 bridgehead atoms. The van der Waals surface area contributed by atoms with Crippen molar-refractivity contribution in [2.75, 3.05) is 5.32 Å². The SMILES string of the molecule is S=C(Nc1ccccc1)c1ccn2c1CSC2c1cccnc1. The van der Waals surface area contributed by atoms with Gasteiger partial charge in [-0.3, -0.25) is 4.98 Å². The van der Waals surface area contributed by atoms with Gasteiger partial charge < -0.3 is 9.88 Å². The Hall–Kier alpha value is -2.11. The van der Waals surface area contributed by atoms with Gasteiger partial charge in [-0.2, -0.15) is 0 Å². The monoisotopic (exact) mass is 337 g/mol. The Labute approximate surface area is 144 Å². The number of nitrogens with zero attached hydrogens (tertiary/aromatic N) is 2. The van der Waals surface area contributed by atoms with E-state index in [4.69, 9.17) is 12.2 Å². The smallest absolute Gasteiger partial charge is 0.112 e. The van der Waals surface area contributed by atoms with E-state index in [1.807, 2.05) is 60.6 Å². The van der Waals surface area contributed by atoms with Gasteiger partial charge >= 0.3 is 0 Å². The summed E-state index contributed by atoms with van der Waals surface area (Å²) in [5.74, 6) is 0.957. The maximum Gasteiger partial charge on any atom is 0.112 e. The van der Waals surface area contributed by atoms with Crippen LogP contribution in [-0.4, -0.2) is 14.5 Å². The number of rotatable bonds is 3. The molecular formula is C18H15N3S2. The Morgan fingerprint density at radius 1 is 1.17 bits per heavy atom. The van der Waals surface area contributed by atoms with Crippen LogP contribution in [0.3, 0.4) is 0 Å². The fourth-order valence-electron chi connectivity index (χ4n) is 2.80. The normalized spacial score (nSPS) is 16.1. The first-order valence-corrected chi connectivity index (χ1v) is 8.86. The first-order chi connectivity index (χ1) is 11.3. The molecule has 2 aromatic heterocycles. The maximum atomic E-state index is 5.61. The number of aromatic nitrogens is 2. The van der Waals surface area contributed by atoms with Gasteiger partial charge in [0.1, 0.15) is 10.4 Å². The Kier molecular flexibility index (Phi) is 3.89. The molecule has 0 amide bonds. The molecule has 1 aliphatic rings. The standard InChI is InChI=1S/C18H15N3S2/c22-17(20-14-6-2-1-3-7-14)15-8-10-21-16(15)12-23-18(21)13-5-4-9-19-11-13/h1-11,18H,12H2,(H,20,22). The first kappa shape index (κ1) is 14.5. The van der Waals surface area contributed by atoms with Gasteiger partial charge in [-0.25, -0.2) is 0 Å². The van der Waals surface area contributed by atoms with Crippen LogP contribution in [0.25, 0.3) is 0 Å². The van der Waals surface area contributed by atoms with Gasteiger partial charge in [-0.1, -0.05) is 36.5 Å². The fraction of sp³-hybridized carbons (Fsp3) is 0.111. The number of thiocarbonyl (C=S) groups is 1. The lowest BCUT2D eigenvalue weighted by atomic mass is 10.2. The highest BCUT2D eigenvalue weighted by molar-refractivity contribution is 7.99. The second-order valence-electron chi connectivity index (χ2n) is 5.35. The quantitative estimate of drug-likeness (QED) is 0.715. The molecule has 0 fully saturated rings. The molecule has 0 radical (unpaired) electrons. The van der Waals surface area contributed by atoms with Crippen molar-refractivity contribution in [3.63, 3.8) is 0 Å². The van der Waals surface area contributed by atoms with Crippen LogP contribution in [0.1, 0.15) is 22.2 Å². The van der Waals surface area contributed by atoms with E-state index in [-0.39, 0.29) is 5.37 Å². The molecular weight excluding hydrogens is 322 g/mol. The zero-order valence-electron chi connectivity index (χ0n) is 12.3. The van der Waals surface area contributed by atoms with E-state index in [0.29, 0.717) is 0 Å². The summed E-state index contributed by atoms with van der Waals surface area (Å²) < 4.78 is 2.30. The van der Waals surface area contributed by atoms with E-state index in [2.05, 4.69) is 33.2 Å². The molecule has 5 heteroatoms. The highest BCUT2D eigenvalue weighted by atomic mass is 32.2. The molecule has 1 N–H and O–H groups in total. The summed E-state index contributed by atoms with van der Waals surface area (Å²) >= 11 is 7.51. The third-order valence-corrected chi connectivity index (χ3v) is 5.48. The number of hydrogen-bond acceptors (Lipinski definition) is 3. The number of anilines is 1. The topological polar surface area (TPSA) is 29.9 Å².